The lowest BCUT2D eigenvalue weighted by atomic mass is 9.71. The molecule has 1 N–H and O–H groups in total. The fourth-order valence-corrected chi connectivity index (χ4v) is 3.92. The third-order valence-electron chi connectivity index (χ3n) is 4.67. The SMILES string of the molecule is CCCNC1COCC1C(=O)OC1CC(C)CC(C)(C)C1. The van der Waals surface area contributed by atoms with Crippen LogP contribution in [0.15, 0.2) is 0 Å². The second kappa shape index (κ2) is 7.10. The van der Waals surface area contributed by atoms with Gasteiger partial charge in [0.05, 0.1) is 19.1 Å². The zero-order valence-electron chi connectivity index (χ0n) is 14.0. The van der Waals surface area contributed by atoms with Crippen LogP contribution < -0.4 is 5.32 Å². The van der Waals surface area contributed by atoms with Crippen molar-refractivity contribution in [2.24, 2.45) is 17.3 Å². The molecule has 0 spiro atoms. The van der Waals surface area contributed by atoms with Gasteiger partial charge in [-0.05, 0) is 43.6 Å². The molecular weight excluding hydrogens is 266 g/mol. The van der Waals surface area contributed by atoms with Gasteiger partial charge in [-0.25, -0.2) is 0 Å². The molecule has 21 heavy (non-hydrogen) atoms. The van der Waals surface area contributed by atoms with Gasteiger partial charge in [0.15, 0.2) is 0 Å². The van der Waals surface area contributed by atoms with Crippen molar-refractivity contribution in [3.05, 3.63) is 0 Å². The van der Waals surface area contributed by atoms with E-state index in [1.165, 1.54) is 6.42 Å². The third kappa shape index (κ3) is 4.68. The molecule has 1 heterocycles. The van der Waals surface area contributed by atoms with E-state index in [4.69, 9.17) is 9.47 Å². The molecule has 1 saturated carbocycles. The van der Waals surface area contributed by atoms with Crippen molar-refractivity contribution in [3.8, 4) is 0 Å². The number of carbonyl (C=O) groups is 1. The number of rotatable bonds is 5. The van der Waals surface area contributed by atoms with Gasteiger partial charge < -0.3 is 14.8 Å². The molecule has 4 unspecified atom stereocenters. The Morgan fingerprint density at radius 3 is 2.76 bits per heavy atom. The summed E-state index contributed by atoms with van der Waals surface area (Å²) in [4.78, 5) is 12.5. The highest BCUT2D eigenvalue weighted by atomic mass is 16.5. The Morgan fingerprint density at radius 1 is 1.33 bits per heavy atom. The number of esters is 1. The van der Waals surface area contributed by atoms with Gasteiger partial charge in [0, 0.05) is 6.04 Å². The van der Waals surface area contributed by atoms with E-state index in [9.17, 15) is 4.79 Å². The van der Waals surface area contributed by atoms with Gasteiger partial charge in [-0.15, -0.1) is 0 Å². The minimum absolute atomic E-state index is 0.0728. The van der Waals surface area contributed by atoms with Crippen LogP contribution >= 0.6 is 0 Å². The van der Waals surface area contributed by atoms with Crippen molar-refractivity contribution in [1.82, 2.24) is 5.32 Å². The molecule has 1 saturated heterocycles. The number of ether oxygens (including phenoxy) is 2. The van der Waals surface area contributed by atoms with Crippen molar-refractivity contribution >= 4 is 5.97 Å². The van der Waals surface area contributed by atoms with Crippen molar-refractivity contribution in [2.45, 2.75) is 65.5 Å². The molecule has 0 aromatic carbocycles. The maximum Gasteiger partial charge on any atom is 0.313 e. The van der Waals surface area contributed by atoms with Crippen molar-refractivity contribution < 1.29 is 14.3 Å². The standard InChI is InChI=1S/C17H31NO3/c1-5-6-18-15-11-20-10-14(15)16(19)21-13-7-12(2)8-17(3,4)9-13/h12-15,18H,5-11H2,1-4H3. The zero-order chi connectivity index (χ0) is 15.5. The molecule has 4 nitrogen and oxygen atoms in total. The van der Waals surface area contributed by atoms with Crippen LogP contribution in [0.25, 0.3) is 0 Å². The number of hydrogen-bond acceptors (Lipinski definition) is 4. The smallest absolute Gasteiger partial charge is 0.313 e. The predicted octanol–water partition coefficient (Wildman–Crippen LogP) is 2.76. The molecule has 4 heteroatoms. The Morgan fingerprint density at radius 2 is 2.10 bits per heavy atom. The van der Waals surface area contributed by atoms with Crippen LogP contribution in [0, 0.1) is 17.3 Å². The second-order valence-electron chi connectivity index (χ2n) is 7.68. The fraction of sp³-hybridized carbons (Fsp3) is 0.941. The normalized spacial score (nSPS) is 35.6. The van der Waals surface area contributed by atoms with Gasteiger partial charge in [-0.1, -0.05) is 27.7 Å². The van der Waals surface area contributed by atoms with E-state index in [1.807, 2.05) is 0 Å². The molecular formula is C17H31NO3. The molecule has 122 valence electrons. The summed E-state index contributed by atoms with van der Waals surface area (Å²) in [5.41, 5.74) is 0.272. The average Bonchev–Trinajstić information content (AvgIpc) is 2.81. The highest BCUT2D eigenvalue weighted by Gasteiger charge is 2.39. The Bertz CT molecular complexity index is 356. The summed E-state index contributed by atoms with van der Waals surface area (Å²) in [6, 6.07) is 0.117. The first-order chi connectivity index (χ1) is 9.91. The van der Waals surface area contributed by atoms with Crippen LogP contribution in [0.5, 0.6) is 0 Å². The summed E-state index contributed by atoms with van der Waals surface area (Å²) in [7, 11) is 0. The van der Waals surface area contributed by atoms with E-state index in [-0.39, 0.29) is 29.4 Å². The van der Waals surface area contributed by atoms with Crippen molar-refractivity contribution in [1.29, 1.82) is 0 Å². The van der Waals surface area contributed by atoms with Crippen LogP contribution in [0.3, 0.4) is 0 Å². The van der Waals surface area contributed by atoms with Gasteiger partial charge in [-0.2, -0.15) is 0 Å². The minimum Gasteiger partial charge on any atom is -0.462 e. The second-order valence-corrected chi connectivity index (χ2v) is 7.68. The largest absolute Gasteiger partial charge is 0.462 e. The number of hydrogen-bond donors (Lipinski definition) is 1. The molecule has 2 fully saturated rings. The van der Waals surface area contributed by atoms with Gasteiger partial charge >= 0.3 is 5.97 Å². The van der Waals surface area contributed by atoms with Crippen molar-refractivity contribution in [2.75, 3.05) is 19.8 Å². The summed E-state index contributed by atoms with van der Waals surface area (Å²) in [5, 5.41) is 3.40. The van der Waals surface area contributed by atoms with E-state index in [0.717, 1.165) is 25.8 Å². The van der Waals surface area contributed by atoms with Gasteiger partial charge in [0.2, 0.25) is 0 Å². The first-order valence-electron chi connectivity index (χ1n) is 8.43. The molecule has 1 aliphatic heterocycles. The zero-order valence-corrected chi connectivity index (χ0v) is 14.0. The van der Waals surface area contributed by atoms with Crippen LogP contribution in [0.4, 0.5) is 0 Å². The summed E-state index contributed by atoms with van der Waals surface area (Å²) < 4.78 is 11.3. The van der Waals surface area contributed by atoms with E-state index in [0.29, 0.717) is 19.1 Å². The average molecular weight is 297 g/mol. The first kappa shape index (κ1) is 16.8. The van der Waals surface area contributed by atoms with Crippen LogP contribution in [0.1, 0.15) is 53.4 Å². The van der Waals surface area contributed by atoms with Gasteiger partial charge in [0.25, 0.3) is 0 Å². The highest BCUT2D eigenvalue weighted by Crippen LogP contribution is 2.40. The van der Waals surface area contributed by atoms with E-state index < -0.39 is 0 Å². The Kier molecular flexibility index (Phi) is 5.67. The maximum atomic E-state index is 12.5. The third-order valence-corrected chi connectivity index (χ3v) is 4.67. The topological polar surface area (TPSA) is 47.6 Å². The summed E-state index contributed by atoms with van der Waals surface area (Å²) in [6.45, 7) is 11.0. The molecule has 0 aromatic rings. The Labute approximate surface area is 129 Å². The lowest BCUT2D eigenvalue weighted by Crippen LogP contribution is -2.42. The monoisotopic (exact) mass is 297 g/mol. The molecule has 0 aromatic heterocycles. The van der Waals surface area contributed by atoms with Crippen LogP contribution in [-0.4, -0.2) is 37.9 Å². The quantitative estimate of drug-likeness (QED) is 0.793. The molecule has 4 atom stereocenters. The number of carbonyl (C=O) groups excluding carboxylic acids is 1. The molecule has 2 rings (SSSR count). The minimum atomic E-state index is -0.142. The molecule has 1 aliphatic carbocycles. The summed E-state index contributed by atoms with van der Waals surface area (Å²) in [5.74, 6) is 0.410. The maximum absolute atomic E-state index is 12.5. The Hall–Kier alpha value is -0.610. The van der Waals surface area contributed by atoms with E-state index in [2.05, 4.69) is 33.0 Å². The van der Waals surface area contributed by atoms with E-state index in [1.54, 1.807) is 0 Å². The molecule has 0 radical (unpaired) electrons. The van der Waals surface area contributed by atoms with Gasteiger partial charge in [-0.3, -0.25) is 4.79 Å². The van der Waals surface area contributed by atoms with Gasteiger partial charge in [0.1, 0.15) is 6.10 Å². The molecule has 2 aliphatic rings. The summed E-state index contributed by atoms with van der Waals surface area (Å²) in [6.07, 6.45) is 4.32. The van der Waals surface area contributed by atoms with Crippen LogP contribution in [0.2, 0.25) is 0 Å². The first-order valence-corrected chi connectivity index (χ1v) is 8.43. The lowest BCUT2D eigenvalue weighted by Gasteiger charge is -2.38. The predicted molar refractivity (Wildman–Crippen MR) is 83.1 cm³/mol. The summed E-state index contributed by atoms with van der Waals surface area (Å²) >= 11 is 0. The molecule has 0 amide bonds. The van der Waals surface area contributed by atoms with E-state index >= 15 is 0 Å². The lowest BCUT2D eigenvalue weighted by molar-refractivity contribution is -0.159. The van der Waals surface area contributed by atoms with Crippen LogP contribution in [-0.2, 0) is 14.3 Å². The Balaban J connectivity index is 1.88. The number of nitrogens with one attached hydrogen (secondary N) is 1. The van der Waals surface area contributed by atoms with Crippen molar-refractivity contribution in [3.63, 3.8) is 0 Å². The molecule has 0 bridgehead atoms. The highest BCUT2D eigenvalue weighted by molar-refractivity contribution is 5.74. The fourth-order valence-electron chi connectivity index (χ4n) is 3.92.